The average molecular weight is 387 g/mol. The molecular weight excluding hydrogens is 368 g/mol. The second kappa shape index (κ2) is 6.40. The molecule has 3 rings (SSSR count). The first-order chi connectivity index (χ1) is 11.4. The van der Waals surface area contributed by atoms with Gasteiger partial charge in [0.05, 0.1) is 5.69 Å². The van der Waals surface area contributed by atoms with Crippen molar-refractivity contribution in [2.45, 2.75) is 26.7 Å². The molecule has 0 atom stereocenters. The maximum atomic E-state index is 12.7. The molecule has 124 valence electrons. The van der Waals surface area contributed by atoms with E-state index in [2.05, 4.69) is 26.6 Å². The van der Waals surface area contributed by atoms with Crippen LogP contribution in [0.25, 0.3) is 0 Å². The predicted octanol–water partition coefficient (Wildman–Crippen LogP) is 4.42. The number of carbonyl (C=O) groups excluding carboxylic acids is 2. The van der Waals surface area contributed by atoms with Crippen molar-refractivity contribution in [1.82, 2.24) is 0 Å². The minimum atomic E-state index is -0.966. The normalized spacial score (nSPS) is 14.8. The number of halogens is 1. The summed E-state index contributed by atoms with van der Waals surface area (Å²) in [5, 5.41) is 5.77. The Morgan fingerprint density at radius 3 is 2.17 bits per heavy atom. The van der Waals surface area contributed by atoms with Gasteiger partial charge in [0, 0.05) is 10.2 Å². The van der Waals surface area contributed by atoms with Gasteiger partial charge in [-0.1, -0.05) is 29.8 Å². The molecule has 0 heterocycles. The van der Waals surface area contributed by atoms with Gasteiger partial charge in [-0.25, -0.2) is 0 Å². The maximum absolute atomic E-state index is 12.7. The summed E-state index contributed by atoms with van der Waals surface area (Å²) < 4.78 is 0.795. The molecule has 0 radical (unpaired) electrons. The first kappa shape index (κ1) is 16.7. The molecule has 0 aromatic heterocycles. The third kappa shape index (κ3) is 3.22. The first-order valence-electron chi connectivity index (χ1n) is 7.87. The number of rotatable bonds is 4. The molecule has 24 heavy (non-hydrogen) atoms. The van der Waals surface area contributed by atoms with E-state index < -0.39 is 5.41 Å². The number of aryl methyl sites for hydroxylation is 2. The van der Waals surface area contributed by atoms with E-state index in [0.29, 0.717) is 18.5 Å². The summed E-state index contributed by atoms with van der Waals surface area (Å²) in [6.45, 7) is 3.95. The summed E-state index contributed by atoms with van der Waals surface area (Å²) in [5.74, 6) is -0.490. The zero-order chi connectivity index (χ0) is 17.3. The number of benzene rings is 2. The second-order valence-electron chi connectivity index (χ2n) is 6.29. The Morgan fingerprint density at radius 2 is 1.58 bits per heavy atom. The van der Waals surface area contributed by atoms with Crippen LogP contribution in [-0.2, 0) is 9.59 Å². The molecule has 0 bridgehead atoms. The molecule has 2 aromatic rings. The summed E-state index contributed by atoms with van der Waals surface area (Å²) in [6.07, 6.45) is 1.14. The highest BCUT2D eigenvalue weighted by Crippen LogP contribution is 2.48. The smallest absolute Gasteiger partial charge is 0.240 e. The van der Waals surface area contributed by atoms with Crippen LogP contribution in [0.2, 0.25) is 0 Å². The Labute approximate surface area is 149 Å². The highest BCUT2D eigenvalue weighted by Gasteiger charge is 2.56. The van der Waals surface area contributed by atoms with Gasteiger partial charge in [0.1, 0.15) is 5.41 Å². The molecule has 2 N–H and O–H groups in total. The van der Waals surface area contributed by atoms with Crippen molar-refractivity contribution in [3.63, 3.8) is 0 Å². The van der Waals surface area contributed by atoms with Gasteiger partial charge in [-0.3, -0.25) is 9.59 Å². The maximum Gasteiger partial charge on any atom is 0.240 e. The van der Waals surface area contributed by atoms with Crippen molar-refractivity contribution in [3.8, 4) is 0 Å². The van der Waals surface area contributed by atoms with Crippen LogP contribution in [0.1, 0.15) is 24.0 Å². The van der Waals surface area contributed by atoms with Crippen LogP contribution in [0.4, 0.5) is 11.4 Å². The number of hydrogen-bond donors (Lipinski definition) is 2. The number of carbonyl (C=O) groups is 2. The van der Waals surface area contributed by atoms with Crippen LogP contribution in [0.15, 0.2) is 46.9 Å². The first-order valence-corrected chi connectivity index (χ1v) is 8.66. The molecule has 5 heteroatoms. The third-order valence-corrected chi connectivity index (χ3v) is 5.06. The van der Waals surface area contributed by atoms with Crippen molar-refractivity contribution in [2.24, 2.45) is 5.41 Å². The fraction of sp³-hybridized carbons (Fsp3) is 0.263. The zero-order valence-electron chi connectivity index (χ0n) is 13.7. The summed E-state index contributed by atoms with van der Waals surface area (Å²) >= 11 is 3.40. The standard InChI is InChI=1S/C19H19BrN2O2/c1-12-7-8-15(13(2)11-12)21-17(23)19(9-10-19)18(24)22-16-6-4-3-5-14(16)20/h3-8,11H,9-10H2,1-2H3,(H,21,23)(H,22,24). The molecule has 0 spiro atoms. The van der Waals surface area contributed by atoms with Crippen molar-refractivity contribution in [3.05, 3.63) is 58.1 Å². The topological polar surface area (TPSA) is 58.2 Å². The number of para-hydroxylation sites is 1. The molecule has 1 saturated carbocycles. The number of hydrogen-bond acceptors (Lipinski definition) is 2. The Kier molecular flexibility index (Phi) is 4.45. The third-order valence-electron chi connectivity index (χ3n) is 4.37. The van der Waals surface area contributed by atoms with Gasteiger partial charge in [0.25, 0.3) is 0 Å². The highest BCUT2D eigenvalue weighted by atomic mass is 79.9. The molecule has 0 saturated heterocycles. The van der Waals surface area contributed by atoms with Gasteiger partial charge >= 0.3 is 0 Å². The summed E-state index contributed by atoms with van der Waals surface area (Å²) in [6, 6.07) is 13.2. The van der Waals surface area contributed by atoms with E-state index in [-0.39, 0.29) is 11.8 Å². The van der Waals surface area contributed by atoms with Crippen LogP contribution < -0.4 is 10.6 Å². The summed E-state index contributed by atoms with van der Waals surface area (Å²) in [7, 11) is 0. The largest absolute Gasteiger partial charge is 0.325 e. The molecule has 2 amide bonds. The van der Waals surface area contributed by atoms with Crippen molar-refractivity contribution < 1.29 is 9.59 Å². The van der Waals surface area contributed by atoms with Gasteiger partial charge in [0.15, 0.2) is 0 Å². The lowest BCUT2D eigenvalue weighted by molar-refractivity contribution is -0.131. The van der Waals surface area contributed by atoms with Crippen LogP contribution in [-0.4, -0.2) is 11.8 Å². The van der Waals surface area contributed by atoms with Gasteiger partial charge in [-0.05, 0) is 66.4 Å². The van der Waals surface area contributed by atoms with Gasteiger partial charge in [-0.2, -0.15) is 0 Å². The van der Waals surface area contributed by atoms with Crippen LogP contribution in [0, 0.1) is 19.3 Å². The monoisotopic (exact) mass is 386 g/mol. The quantitative estimate of drug-likeness (QED) is 0.763. The molecule has 1 aliphatic rings. The van der Waals surface area contributed by atoms with E-state index >= 15 is 0 Å². The second-order valence-corrected chi connectivity index (χ2v) is 7.14. The highest BCUT2D eigenvalue weighted by molar-refractivity contribution is 9.10. The van der Waals surface area contributed by atoms with Crippen molar-refractivity contribution in [2.75, 3.05) is 10.6 Å². The molecule has 0 unspecified atom stereocenters. The lowest BCUT2D eigenvalue weighted by atomic mass is 10.0. The number of anilines is 2. The lowest BCUT2D eigenvalue weighted by Gasteiger charge is -2.17. The molecule has 4 nitrogen and oxygen atoms in total. The minimum Gasteiger partial charge on any atom is -0.325 e. The van der Waals surface area contributed by atoms with E-state index in [1.807, 2.05) is 50.2 Å². The van der Waals surface area contributed by atoms with Gasteiger partial charge < -0.3 is 10.6 Å². The van der Waals surface area contributed by atoms with Crippen LogP contribution in [0.3, 0.4) is 0 Å². The Hall–Kier alpha value is -2.14. The van der Waals surface area contributed by atoms with E-state index in [0.717, 1.165) is 21.3 Å². The summed E-state index contributed by atoms with van der Waals surface area (Å²) in [4.78, 5) is 25.3. The van der Waals surface area contributed by atoms with Gasteiger partial charge in [-0.15, -0.1) is 0 Å². The molecule has 2 aromatic carbocycles. The minimum absolute atomic E-state index is 0.237. The Bertz CT molecular complexity index is 813. The average Bonchev–Trinajstić information content (AvgIpc) is 3.34. The van der Waals surface area contributed by atoms with Crippen molar-refractivity contribution in [1.29, 1.82) is 0 Å². The van der Waals surface area contributed by atoms with E-state index in [1.165, 1.54) is 0 Å². The van der Waals surface area contributed by atoms with E-state index in [1.54, 1.807) is 6.07 Å². The summed E-state index contributed by atoms with van der Waals surface area (Å²) in [5.41, 5.74) is 2.59. The Balaban J connectivity index is 1.74. The molecular formula is C19H19BrN2O2. The molecule has 1 aliphatic carbocycles. The fourth-order valence-electron chi connectivity index (χ4n) is 2.68. The fourth-order valence-corrected chi connectivity index (χ4v) is 3.07. The molecule has 1 fully saturated rings. The van der Waals surface area contributed by atoms with Crippen LogP contribution >= 0.6 is 15.9 Å². The van der Waals surface area contributed by atoms with Crippen molar-refractivity contribution >= 4 is 39.1 Å². The van der Waals surface area contributed by atoms with Crippen LogP contribution in [0.5, 0.6) is 0 Å². The number of nitrogens with one attached hydrogen (secondary N) is 2. The Morgan fingerprint density at radius 1 is 0.958 bits per heavy atom. The zero-order valence-corrected chi connectivity index (χ0v) is 15.2. The molecule has 0 aliphatic heterocycles. The van der Waals surface area contributed by atoms with E-state index in [4.69, 9.17) is 0 Å². The van der Waals surface area contributed by atoms with E-state index in [9.17, 15) is 9.59 Å². The lowest BCUT2D eigenvalue weighted by Crippen LogP contribution is -2.35. The predicted molar refractivity (Wildman–Crippen MR) is 99.0 cm³/mol. The van der Waals surface area contributed by atoms with Gasteiger partial charge in [0.2, 0.25) is 11.8 Å². The number of amides is 2. The SMILES string of the molecule is Cc1ccc(NC(=O)C2(C(=O)Nc3ccccc3Br)CC2)c(C)c1.